The molecule has 0 saturated carbocycles. The van der Waals surface area contributed by atoms with Crippen LogP contribution in [-0.4, -0.2) is 63.9 Å². The number of aryl methyl sites for hydroxylation is 1. The van der Waals surface area contributed by atoms with Crippen LogP contribution in [0.5, 0.6) is 0 Å². The van der Waals surface area contributed by atoms with E-state index in [1.807, 2.05) is 33.8 Å². The van der Waals surface area contributed by atoms with Crippen molar-refractivity contribution in [2.75, 3.05) is 30.9 Å². The quantitative estimate of drug-likeness (QED) is 0.641. The predicted octanol–water partition coefficient (Wildman–Crippen LogP) is 2.74. The van der Waals surface area contributed by atoms with E-state index in [0.717, 1.165) is 30.1 Å². The van der Waals surface area contributed by atoms with E-state index in [1.165, 1.54) is 16.4 Å². The zero-order valence-corrected chi connectivity index (χ0v) is 19.8. The van der Waals surface area contributed by atoms with E-state index in [0.29, 0.717) is 11.6 Å². The molecule has 3 amide bonds. The van der Waals surface area contributed by atoms with Crippen LogP contribution in [0.1, 0.15) is 49.8 Å². The molecule has 3 heterocycles. The highest BCUT2D eigenvalue weighted by Crippen LogP contribution is 2.27. The SMILES string of the molecule is CC.Cc1cc(Nc2nc(N3CCCC(NC(=O)N(C)C)C3C)cnc2C(N)=O)sn1. The number of amides is 3. The van der Waals surface area contributed by atoms with Crippen molar-refractivity contribution in [2.45, 2.75) is 52.6 Å². The van der Waals surface area contributed by atoms with E-state index in [2.05, 4.69) is 29.9 Å². The number of nitrogens with zero attached hydrogens (tertiary/aromatic N) is 5. The first-order valence-electron chi connectivity index (χ1n) is 10.4. The van der Waals surface area contributed by atoms with Crippen LogP contribution < -0.4 is 21.3 Å². The van der Waals surface area contributed by atoms with Gasteiger partial charge in [0.25, 0.3) is 5.91 Å². The fourth-order valence-corrected chi connectivity index (χ4v) is 3.93. The van der Waals surface area contributed by atoms with E-state index >= 15 is 0 Å². The van der Waals surface area contributed by atoms with Gasteiger partial charge in [0.05, 0.1) is 17.9 Å². The van der Waals surface area contributed by atoms with Gasteiger partial charge in [0, 0.05) is 26.7 Å². The number of piperidine rings is 1. The first-order chi connectivity index (χ1) is 14.8. The van der Waals surface area contributed by atoms with Crippen molar-refractivity contribution in [1.82, 2.24) is 24.6 Å². The molecule has 4 N–H and O–H groups in total. The Bertz CT molecular complexity index is 901. The van der Waals surface area contributed by atoms with Gasteiger partial charge in [0.2, 0.25) is 0 Å². The van der Waals surface area contributed by atoms with Gasteiger partial charge in [-0.1, -0.05) is 13.8 Å². The van der Waals surface area contributed by atoms with Crippen LogP contribution in [0.25, 0.3) is 0 Å². The molecule has 10 nitrogen and oxygen atoms in total. The number of nitrogens with two attached hydrogens (primary N) is 1. The number of urea groups is 1. The molecule has 0 aliphatic carbocycles. The summed E-state index contributed by atoms with van der Waals surface area (Å²) in [7, 11) is 3.43. The van der Waals surface area contributed by atoms with Gasteiger partial charge in [-0.2, -0.15) is 4.37 Å². The number of anilines is 3. The number of hydrogen-bond acceptors (Lipinski definition) is 8. The summed E-state index contributed by atoms with van der Waals surface area (Å²) in [6, 6.07) is 1.73. The van der Waals surface area contributed by atoms with Crippen LogP contribution in [0.3, 0.4) is 0 Å². The highest BCUT2D eigenvalue weighted by Gasteiger charge is 2.31. The Balaban J connectivity index is 0.00000166. The fraction of sp³-hybridized carbons (Fsp3) is 0.550. The summed E-state index contributed by atoms with van der Waals surface area (Å²) in [5.74, 6) is 0.260. The summed E-state index contributed by atoms with van der Waals surface area (Å²) in [5.41, 5.74) is 6.41. The van der Waals surface area contributed by atoms with Crippen LogP contribution in [0.4, 0.5) is 21.4 Å². The Morgan fingerprint density at radius 3 is 2.61 bits per heavy atom. The highest BCUT2D eigenvalue weighted by atomic mass is 32.1. The second-order valence-electron chi connectivity index (χ2n) is 7.27. The van der Waals surface area contributed by atoms with E-state index < -0.39 is 5.91 Å². The molecule has 1 aliphatic rings. The molecule has 0 bridgehead atoms. The molecule has 2 aromatic heterocycles. The van der Waals surface area contributed by atoms with Crippen molar-refractivity contribution in [3.8, 4) is 0 Å². The second kappa shape index (κ2) is 10.9. The molecule has 2 aromatic rings. The third-order valence-corrected chi connectivity index (χ3v) is 5.66. The normalized spacial score (nSPS) is 17.9. The second-order valence-corrected chi connectivity index (χ2v) is 8.08. The molecule has 1 saturated heterocycles. The van der Waals surface area contributed by atoms with Gasteiger partial charge < -0.3 is 26.2 Å². The summed E-state index contributed by atoms with van der Waals surface area (Å²) in [6.45, 7) is 8.71. The van der Waals surface area contributed by atoms with Crippen molar-refractivity contribution in [1.29, 1.82) is 0 Å². The first kappa shape index (κ1) is 24.3. The number of carbonyl (C=O) groups excluding carboxylic acids is 2. The monoisotopic (exact) mass is 448 g/mol. The number of primary amides is 1. The minimum atomic E-state index is -0.657. The lowest BCUT2D eigenvalue weighted by molar-refractivity contribution is 0.0996. The first-order valence-corrected chi connectivity index (χ1v) is 11.1. The van der Waals surface area contributed by atoms with Crippen molar-refractivity contribution in [2.24, 2.45) is 5.73 Å². The maximum Gasteiger partial charge on any atom is 0.317 e. The molecule has 2 unspecified atom stereocenters. The summed E-state index contributed by atoms with van der Waals surface area (Å²) in [6.07, 6.45) is 3.34. The molecular formula is C20H32N8O2S. The molecule has 3 rings (SSSR count). The van der Waals surface area contributed by atoms with Crippen LogP contribution in [0.15, 0.2) is 12.3 Å². The third-order valence-electron chi connectivity index (χ3n) is 4.86. The molecule has 0 aromatic carbocycles. The number of aromatic nitrogens is 3. The minimum absolute atomic E-state index is 0.0138. The van der Waals surface area contributed by atoms with Crippen molar-refractivity contribution < 1.29 is 9.59 Å². The van der Waals surface area contributed by atoms with E-state index in [9.17, 15) is 9.59 Å². The van der Waals surface area contributed by atoms with Gasteiger partial charge in [-0.25, -0.2) is 14.8 Å². The summed E-state index contributed by atoms with van der Waals surface area (Å²) in [4.78, 5) is 36.4. The molecule has 1 aliphatic heterocycles. The maximum atomic E-state index is 12.1. The van der Waals surface area contributed by atoms with Gasteiger partial charge in [-0.05, 0) is 44.3 Å². The Kier molecular flexibility index (Phi) is 8.55. The van der Waals surface area contributed by atoms with Crippen LogP contribution >= 0.6 is 11.5 Å². The standard InChI is InChI=1S/C18H26N8O2S.C2H6/c1-10-8-14(29-24-10)23-17-15(16(19)27)20-9-13(22-17)26-7-5-6-12(11(26)2)21-18(28)25(3)4;1-2/h8-9,11-12H,5-7H2,1-4H3,(H2,19,27)(H,21,28)(H,22,23);1-2H3. The Labute approximate surface area is 187 Å². The molecule has 0 radical (unpaired) electrons. The summed E-state index contributed by atoms with van der Waals surface area (Å²) < 4.78 is 4.22. The van der Waals surface area contributed by atoms with Crippen molar-refractivity contribution in [3.05, 3.63) is 23.7 Å². The number of hydrogen-bond donors (Lipinski definition) is 3. The van der Waals surface area contributed by atoms with Gasteiger partial charge in [0.15, 0.2) is 11.5 Å². The van der Waals surface area contributed by atoms with Gasteiger partial charge in [0.1, 0.15) is 10.8 Å². The molecule has 0 spiro atoms. The minimum Gasteiger partial charge on any atom is -0.364 e. The Hall–Kier alpha value is -2.95. The zero-order valence-electron chi connectivity index (χ0n) is 19.0. The van der Waals surface area contributed by atoms with E-state index in [4.69, 9.17) is 5.73 Å². The Morgan fingerprint density at radius 1 is 1.32 bits per heavy atom. The lowest BCUT2D eigenvalue weighted by Gasteiger charge is -2.40. The van der Waals surface area contributed by atoms with Gasteiger partial charge in [-0.15, -0.1) is 0 Å². The highest BCUT2D eigenvalue weighted by molar-refractivity contribution is 7.10. The third kappa shape index (κ3) is 6.03. The van der Waals surface area contributed by atoms with Crippen molar-refractivity contribution >= 4 is 40.1 Å². The molecule has 31 heavy (non-hydrogen) atoms. The van der Waals surface area contributed by atoms with E-state index in [-0.39, 0.29) is 23.8 Å². The average molecular weight is 449 g/mol. The lowest BCUT2D eigenvalue weighted by Crippen LogP contribution is -2.56. The molecule has 11 heteroatoms. The molecule has 2 atom stereocenters. The Morgan fingerprint density at radius 2 is 2.03 bits per heavy atom. The molecule has 170 valence electrons. The topological polar surface area (TPSA) is 129 Å². The fourth-order valence-electron chi connectivity index (χ4n) is 3.27. The number of carbonyl (C=O) groups is 2. The lowest BCUT2D eigenvalue weighted by atomic mass is 9.97. The predicted molar refractivity (Wildman–Crippen MR) is 124 cm³/mol. The molecule has 1 fully saturated rings. The van der Waals surface area contributed by atoms with Gasteiger partial charge >= 0.3 is 6.03 Å². The summed E-state index contributed by atoms with van der Waals surface area (Å²) in [5, 5.41) is 6.91. The van der Waals surface area contributed by atoms with E-state index in [1.54, 1.807) is 20.3 Å². The van der Waals surface area contributed by atoms with Crippen LogP contribution in [0, 0.1) is 6.92 Å². The largest absolute Gasteiger partial charge is 0.364 e. The smallest absolute Gasteiger partial charge is 0.317 e. The molecular weight excluding hydrogens is 416 g/mol. The summed E-state index contributed by atoms with van der Waals surface area (Å²) >= 11 is 1.27. The van der Waals surface area contributed by atoms with Crippen molar-refractivity contribution in [3.63, 3.8) is 0 Å². The van der Waals surface area contributed by atoms with Crippen LogP contribution in [0.2, 0.25) is 0 Å². The number of nitrogens with one attached hydrogen (secondary N) is 2. The zero-order chi connectivity index (χ0) is 23.1. The van der Waals surface area contributed by atoms with Crippen LogP contribution in [-0.2, 0) is 0 Å². The average Bonchev–Trinajstić information content (AvgIpc) is 3.15. The number of rotatable bonds is 5. The maximum absolute atomic E-state index is 12.1. The van der Waals surface area contributed by atoms with Gasteiger partial charge in [-0.3, -0.25) is 4.79 Å².